The summed E-state index contributed by atoms with van der Waals surface area (Å²) in [6, 6.07) is 8.68. The molecule has 0 spiro atoms. The van der Waals surface area contributed by atoms with Crippen molar-refractivity contribution in [1.82, 2.24) is 9.80 Å². The van der Waals surface area contributed by atoms with E-state index in [4.69, 9.17) is 5.73 Å². The molecule has 4 atom stereocenters. The lowest BCUT2D eigenvalue weighted by Gasteiger charge is -2.50. The van der Waals surface area contributed by atoms with Crippen molar-refractivity contribution < 1.29 is 39.6 Å². The van der Waals surface area contributed by atoms with Crippen molar-refractivity contribution >= 4 is 34.8 Å². The van der Waals surface area contributed by atoms with Crippen LogP contribution in [0.5, 0.6) is 5.75 Å². The molecule has 12 nitrogen and oxygen atoms in total. The number of nitrogens with zero attached hydrogens (tertiary/aromatic N) is 2. The molecule has 2 amide bonds. The molecule has 2 aromatic carbocycles. The van der Waals surface area contributed by atoms with Crippen molar-refractivity contribution in [3.05, 3.63) is 75.6 Å². The number of aliphatic hydroxyl groups is 3. The van der Waals surface area contributed by atoms with Gasteiger partial charge in [0.15, 0.2) is 11.4 Å². The Morgan fingerprint density at radius 3 is 2.29 bits per heavy atom. The summed E-state index contributed by atoms with van der Waals surface area (Å²) in [7, 11) is 6.68. The highest BCUT2D eigenvalue weighted by molar-refractivity contribution is 6.24. The van der Waals surface area contributed by atoms with Gasteiger partial charge in [0.1, 0.15) is 22.8 Å². The van der Waals surface area contributed by atoms with E-state index >= 15 is 0 Å². The van der Waals surface area contributed by atoms with Gasteiger partial charge in [0, 0.05) is 28.3 Å². The van der Waals surface area contributed by atoms with E-state index in [0.717, 1.165) is 0 Å². The number of benzene rings is 2. The number of Topliss-reactive ketones (excluding diaryl/α,β-unsaturated/α-hetero) is 2. The zero-order valence-corrected chi connectivity index (χ0v) is 25.2. The summed E-state index contributed by atoms with van der Waals surface area (Å²) in [6.07, 6.45) is 0.110. The number of fused-ring (bicyclic) bond motifs is 3. The number of aliphatic hydroxyl groups excluding tert-OH is 2. The molecular formula is C33H34N4O8. The van der Waals surface area contributed by atoms with Crippen LogP contribution in [-0.2, 0) is 25.6 Å². The number of hydrogen-bond donors (Lipinski definition) is 6. The standard InChI is InChI=1S/C33H34N4O8/c1-36(2)15-23(39)35-19-10-6-16(7-11-19)5-8-17-9-12-22(38)25-20(17)13-18-14-21-27(37(3)4)29(41)26(32(34)44)31(43)33(21,45)30(42)24(18)28(25)40/h6-7,9-12,18,21,27,38,40,43,45H,13-15H2,1-4H3,(H2,34,44)(H,35,39). The molecule has 45 heavy (non-hydrogen) atoms. The smallest absolute Gasteiger partial charge is 0.255 e. The zero-order chi connectivity index (χ0) is 33.0. The number of hydrogen-bond acceptors (Lipinski definition) is 10. The molecule has 2 aromatic rings. The van der Waals surface area contributed by atoms with E-state index in [9.17, 15) is 39.6 Å². The summed E-state index contributed by atoms with van der Waals surface area (Å²) in [5.74, 6) is -1.12. The Morgan fingerprint density at radius 2 is 1.69 bits per heavy atom. The van der Waals surface area contributed by atoms with Crippen LogP contribution in [0.15, 0.2) is 53.3 Å². The molecule has 0 heterocycles. The highest BCUT2D eigenvalue weighted by Crippen LogP contribution is 2.52. The highest BCUT2D eigenvalue weighted by Gasteiger charge is 2.64. The maximum Gasteiger partial charge on any atom is 0.255 e. The minimum Gasteiger partial charge on any atom is -0.508 e. The van der Waals surface area contributed by atoms with Crippen molar-refractivity contribution in [2.45, 2.75) is 24.5 Å². The lowest BCUT2D eigenvalue weighted by Crippen LogP contribution is -2.65. The van der Waals surface area contributed by atoms with Gasteiger partial charge in [-0.3, -0.25) is 24.1 Å². The average Bonchev–Trinajstić information content (AvgIpc) is 2.94. The second kappa shape index (κ2) is 11.5. The lowest BCUT2D eigenvalue weighted by atomic mass is 9.57. The number of phenols is 1. The van der Waals surface area contributed by atoms with Gasteiger partial charge in [-0.1, -0.05) is 11.8 Å². The molecule has 3 aliphatic carbocycles. The van der Waals surface area contributed by atoms with Crippen LogP contribution < -0.4 is 11.1 Å². The number of anilines is 1. The minimum absolute atomic E-state index is 0.0186. The molecule has 7 N–H and O–H groups in total. The number of amides is 2. The number of ketones is 2. The van der Waals surface area contributed by atoms with Crippen LogP contribution in [0, 0.1) is 23.7 Å². The van der Waals surface area contributed by atoms with Gasteiger partial charge in [0.05, 0.1) is 18.2 Å². The predicted molar refractivity (Wildman–Crippen MR) is 164 cm³/mol. The number of rotatable bonds is 5. The number of nitrogens with two attached hydrogens (primary N) is 1. The molecule has 0 aromatic heterocycles. The highest BCUT2D eigenvalue weighted by atomic mass is 16.3. The third-order valence-corrected chi connectivity index (χ3v) is 8.57. The second-order valence-corrected chi connectivity index (χ2v) is 12.1. The van der Waals surface area contributed by atoms with Crippen molar-refractivity contribution in [1.29, 1.82) is 0 Å². The lowest BCUT2D eigenvalue weighted by molar-refractivity contribution is -0.153. The first-order valence-corrected chi connectivity index (χ1v) is 14.2. The van der Waals surface area contributed by atoms with Crippen LogP contribution >= 0.6 is 0 Å². The largest absolute Gasteiger partial charge is 0.508 e. The van der Waals surface area contributed by atoms with Crippen LogP contribution in [-0.4, -0.2) is 100.0 Å². The molecule has 12 heteroatoms. The first-order valence-electron chi connectivity index (χ1n) is 14.2. The predicted octanol–water partition coefficient (Wildman–Crippen LogP) is 0.864. The van der Waals surface area contributed by atoms with E-state index in [-0.39, 0.29) is 42.2 Å². The number of primary amides is 1. The molecule has 234 valence electrons. The van der Waals surface area contributed by atoms with Gasteiger partial charge in [-0.05, 0) is 88.9 Å². The molecule has 1 saturated carbocycles. The molecule has 1 fully saturated rings. The van der Waals surface area contributed by atoms with Crippen LogP contribution in [0.25, 0.3) is 5.76 Å². The van der Waals surface area contributed by atoms with Crippen LogP contribution in [0.2, 0.25) is 0 Å². The second-order valence-electron chi connectivity index (χ2n) is 12.1. The topological polar surface area (TPSA) is 194 Å². The van der Waals surface area contributed by atoms with Crippen LogP contribution in [0.4, 0.5) is 5.69 Å². The summed E-state index contributed by atoms with van der Waals surface area (Å²) in [5.41, 5.74) is 3.75. The third-order valence-electron chi connectivity index (χ3n) is 8.57. The summed E-state index contributed by atoms with van der Waals surface area (Å²) < 4.78 is 0. The molecule has 3 aliphatic rings. The number of carbonyl (C=O) groups is 4. The van der Waals surface area contributed by atoms with Crippen molar-refractivity contribution in [3.8, 4) is 17.6 Å². The Labute approximate surface area is 259 Å². The normalized spacial score (nSPS) is 24.1. The van der Waals surface area contributed by atoms with E-state index in [2.05, 4.69) is 17.2 Å². The van der Waals surface area contributed by atoms with Gasteiger partial charge in [-0.15, -0.1) is 0 Å². The Balaban J connectivity index is 1.54. The van der Waals surface area contributed by atoms with Crippen molar-refractivity contribution in [2.24, 2.45) is 17.6 Å². The zero-order valence-electron chi connectivity index (χ0n) is 25.2. The number of carbonyl (C=O) groups excluding carboxylic acids is 4. The number of aromatic hydroxyl groups is 1. The van der Waals surface area contributed by atoms with Crippen LogP contribution in [0.1, 0.15) is 28.7 Å². The van der Waals surface area contributed by atoms with Crippen molar-refractivity contribution in [3.63, 3.8) is 0 Å². The van der Waals surface area contributed by atoms with Gasteiger partial charge in [-0.25, -0.2) is 0 Å². The van der Waals surface area contributed by atoms with Crippen molar-refractivity contribution in [2.75, 3.05) is 40.1 Å². The number of likely N-dealkylation sites (N-methyl/N-ethyl adjacent to an activating group) is 2. The Morgan fingerprint density at radius 1 is 1.02 bits per heavy atom. The van der Waals surface area contributed by atoms with E-state index in [1.54, 1.807) is 63.4 Å². The quantitative estimate of drug-likeness (QED) is 0.208. The summed E-state index contributed by atoms with van der Waals surface area (Å²) in [5, 5.41) is 47.6. The summed E-state index contributed by atoms with van der Waals surface area (Å²) in [4.78, 5) is 54.6. The van der Waals surface area contributed by atoms with E-state index in [0.29, 0.717) is 22.4 Å². The molecule has 5 rings (SSSR count). The number of phenolic OH excluding ortho intramolecular Hbond substituents is 1. The van der Waals surface area contributed by atoms with Crippen LogP contribution in [0.3, 0.4) is 0 Å². The minimum atomic E-state index is -2.70. The third kappa shape index (κ3) is 5.25. The fourth-order valence-electron chi connectivity index (χ4n) is 6.63. The van der Waals surface area contributed by atoms with Gasteiger partial charge in [-0.2, -0.15) is 0 Å². The van der Waals surface area contributed by atoms with Gasteiger partial charge >= 0.3 is 0 Å². The molecule has 0 aliphatic heterocycles. The maximum absolute atomic E-state index is 14.0. The monoisotopic (exact) mass is 614 g/mol. The maximum atomic E-state index is 14.0. The molecule has 4 unspecified atom stereocenters. The van der Waals surface area contributed by atoms with E-state index < -0.39 is 58.0 Å². The van der Waals surface area contributed by atoms with Gasteiger partial charge in [0.2, 0.25) is 11.7 Å². The van der Waals surface area contributed by atoms with Gasteiger partial charge < -0.3 is 36.4 Å². The molecular weight excluding hydrogens is 580 g/mol. The van der Waals surface area contributed by atoms with E-state index in [1.807, 2.05) is 0 Å². The Bertz CT molecular complexity index is 1760. The van der Waals surface area contributed by atoms with Gasteiger partial charge in [0.25, 0.3) is 5.91 Å². The Kier molecular flexibility index (Phi) is 8.05. The Hall–Kier alpha value is -4.96. The summed E-state index contributed by atoms with van der Waals surface area (Å²) in [6.45, 7) is 0.238. The molecule has 0 saturated heterocycles. The first-order chi connectivity index (χ1) is 21.2. The fourth-order valence-corrected chi connectivity index (χ4v) is 6.63. The van der Waals surface area contributed by atoms with E-state index in [1.165, 1.54) is 11.0 Å². The first kappa shape index (κ1) is 31.5. The SMILES string of the molecule is CN(C)CC(=O)Nc1ccc(C#Cc2ccc(O)c3c2CC2CC4C(N(C)C)C(=O)C(C(N)=O)=C(O)C4(O)C(=O)C2=C3O)cc1. The molecule has 0 radical (unpaired) electrons. The average molecular weight is 615 g/mol. The molecule has 0 bridgehead atoms. The summed E-state index contributed by atoms with van der Waals surface area (Å²) >= 11 is 0. The fraction of sp³-hybridized carbons (Fsp3) is 0.333. The number of nitrogens with one attached hydrogen (secondary N) is 1.